The Morgan fingerprint density at radius 2 is 1.64 bits per heavy atom. The van der Waals surface area contributed by atoms with Crippen molar-refractivity contribution in [1.29, 1.82) is 0 Å². The Hall–Kier alpha value is -1.40. The maximum Gasteiger partial charge on any atom is 0.240 e. The van der Waals surface area contributed by atoms with Crippen molar-refractivity contribution in [2.75, 3.05) is 6.61 Å². The zero-order valence-electron chi connectivity index (χ0n) is 14.4. The van der Waals surface area contributed by atoms with E-state index in [0.29, 0.717) is 10.9 Å². The lowest BCUT2D eigenvalue weighted by molar-refractivity contribution is 0.229. The second kappa shape index (κ2) is 8.81. The van der Waals surface area contributed by atoms with Crippen molar-refractivity contribution in [1.82, 2.24) is 4.72 Å². The van der Waals surface area contributed by atoms with Gasteiger partial charge in [-0.15, -0.1) is 0 Å². The summed E-state index contributed by atoms with van der Waals surface area (Å²) in [6.45, 7) is 3.88. The Morgan fingerprint density at radius 3 is 2.16 bits per heavy atom. The molecule has 0 aromatic heterocycles. The van der Waals surface area contributed by atoms with Gasteiger partial charge in [0.25, 0.3) is 0 Å². The molecule has 0 heterocycles. The summed E-state index contributed by atoms with van der Waals surface area (Å²) in [7, 11) is -3.75. The van der Waals surface area contributed by atoms with Gasteiger partial charge < -0.3 is 5.11 Å². The SMILES string of the molecule is CC(C)C[C@@H](c1ccccc1)[C@@H](CO)NS(=O)(=O)c1ccc(Cl)cc1. The number of hydrogen-bond acceptors (Lipinski definition) is 3. The van der Waals surface area contributed by atoms with Gasteiger partial charge in [0.2, 0.25) is 10.0 Å². The standard InChI is InChI=1S/C19H24ClNO3S/c1-14(2)12-18(15-6-4-3-5-7-15)19(13-22)21-25(23,24)17-10-8-16(20)9-11-17/h3-11,14,18-19,21-22H,12-13H2,1-2H3/t18-,19+/m0/s1. The van der Waals surface area contributed by atoms with Gasteiger partial charge in [-0.05, 0) is 42.2 Å². The van der Waals surface area contributed by atoms with Crippen LogP contribution >= 0.6 is 11.6 Å². The van der Waals surface area contributed by atoms with Gasteiger partial charge in [-0.3, -0.25) is 0 Å². The number of sulfonamides is 1. The predicted octanol–water partition coefficient (Wildman–Crippen LogP) is 3.81. The number of aliphatic hydroxyl groups excluding tert-OH is 1. The number of benzene rings is 2. The van der Waals surface area contributed by atoms with Gasteiger partial charge in [-0.2, -0.15) is 0 Å². The van der Waals surface area contributed by atoms with Gasteiger partial charge in [0.05, 0.1) is 17.5 Å². The van der Waals surface area contributed by atoms with Gasteiger partial charge in [-0.1, -0.05) is 55.8 Å². The third-order valence-corrected chi connectivity index (χ3v) is 5.82. The lowest BCUT2D eigenvalue weighted by Crippen LogP contribution is -2.42. The van der Waals surface area contributed by atoms with Crippen molar-refractivity contribution in [2.45, 2.75) is 37.1 Å². The van der Waals surface area contributed by atoms with E-state index in [1.807, 2.05) is 30.3 Å². The quantitative estimate of drug-likeness (QED) is 0.730. The van der Waals surface area contributed by atoms with E-state index in [9.17, 15) is 13.5 Å². The molecule has 0 fully saturated rings. The third-order valence-electron chi connectivity index (χ3n) is 4.07. The fraction of sp³-hybridized carbons (Fsp3) is 0.368. The highest BCUT2D eigenvalue weighted by Crippen LogP contribution is 2.28. The van der Waals surface area contributed by atoms with Crippen LogP contribution in [0.15, 0.2) is 59.5 Å². The highest BCUT2D eigenvalue weighted by molar-refractivity contribution is 7.89. The highest BCUT2D eigenvalue weighted by atomic mass is 35.5. The predicted molar refractivity (Wildman–Crippen MR) is 101 cm³/mol. The number of rotatable bonds is 8. The topological polar surface area (TPSA) is 66.4 Å². The molecule has 0 aliphatic rings. The van der Waals surface area contributed by atoms with Crippen LogP contribution in [0.1, 0.15) is 31.7 Å². The van der Waals surface area contributed by atoms with E-state index in [1.54, 1.807) is 0 Å². The van der Waals surface area contributed by atoms with Crippen molar-refractivity contribution in [3.05, 3.63) is 65.2 Å². The molecule has 0 unspecified atom stereocenters. The lowest BCUT2D eigenvalue weighted by Gasteiger charge is -2.28. The first-order valence-corrected chi connectivity index (χ1v) is 10.1. The van der Waals surface area contributed by atoms with Crippen LogP contribution in [-0.4, -0.2) is 26.2 Å². The molecule has 2 N–H and O–H groups in total. The van der Waals surface area contributed by atoms with Crippen molar-refractivity contribution >= 4 is 21.6 Å². The fourth-order valence-corrected chi connectivity index (χ4v) is 4.26. The number of aliphatic hydroxyl groups is 1. The number of hydrogen-bond donors (Lipinski definition) is 2. The van der Waals surface area contributed by atoms with Gasteiger partial charge >= 0.3 is 0 Å². The van der Waals surface area contributed by atoms with Gasteiger partial charge in [0, 0.05) is 10.9 Å². The van der Waals surface area contributed by atoms with Crippen LogP contribution in [0.5, 0.6) is 0 Å². The molecule has 136 valence electrons. The molecule has 2 atom stereocenters. The molecule has 0 bridgehead atoms. The Morgan fingerprint density at radius 1 is 1.04 bits per heavy atom. The van der Waals surface area contributed by atoms with Crippen molar-refractivity contribution < 1.29 is 13.5 Å². The Bertz CT molecular complexity index is 761. The Kier molecular flexibility index (Phi) is 7.02. The van der Waals surface area contributed by atoms with Crippen LogP contribution in [0, 0.1) is 5.92 Å². The summed E-state index contributed by atoms with van der Waals surface area (Å²) in [6.07, 6.45) is 0.762. The first-order valence-electron chi connectivity index (χ1n) is 8.27. The molecule has 0 spiro atoms. The number of nitrogens with one attached hydrogen (secondary N) is 1. The first-order chi connectivity index (χ1) is 11.8. The zero-order valence-corrected chi connectivity index (χ0v) is 16.0. The second-order valence-electron chi connectivity index (χ2n) is 6.51. The molecule has 4 nitrogen and oxygen atoms in total. The molecule has 2 rings (SSSR count). The Labute approximate surface area is 154 Å². The summed E-state index contributed by atoms with van der Waals surface area (Å²) >= 11 is 5.83. The third kappa shape index (κ3) is 5.54. The maximum atomic E-state index is 12.7. The molecule has 2 aromatic carbocycles. The molecule has 2 aromatic rings. The number of halogens is 1. The van der Waals surface area contributed by atoms with Crippen LogP contribution in [0.2, 0.25) is 5.02 Å². The molecule has 6 heteroatoms. The van der Waals surface area contributed by atoms with E-state index in [0.717, 1.165) is 12.0 Å². The molecule has 0 radical (unpaired) electrons. The summed E-state index contributed by atoms with van der Waals surface area (Å²) in [5.41, 5.74) is 1.01. The van der Waals surface area contributed by atoms with Gasteiger partial charge in [0.1, 0.15) is 0 Å². The summed E-state index contributed by atoms with van der Waals surface area (Å²) in [5.74, 6) is 0.243. The molecule has 0 saturated heterocycles. The largest absolute Gasteiger partial charge is 0.395 e. The molecular formula is C19H24ClNO3S. The molecule has 0 aliphatic carbocycles. The normalized spacial score (nSPS) is 14.4. The molecule has 0 saturated carbocycles. The van der Waals surface area contributed by atoms with E-state index in [4.69, 9.17) is 11.6 Å². The van der Waals surface area contributed by atoms with Crippen molar-refractivity contribution in [3.8, 4) is 0 Å². The van der Waals surface area contributed by atoms with Crippen LogP contribution in [-0.2, 0) is 10.0 Å². The van der Waals surface area contributed by atoms with E-state index >= 15 is 0 Å². The van der Waals surface area contributed by atoms with Crippen LogP contribution in [0.3, 0.4) is 0 Å². The first kappa shape index (κ1) is 19.9. The smallest absolute Gasteiger partial charge is 0.240 e. The minimum Gasteiger partial charge on any atom is -0.395 e. The van der Waals surface area contributed by atoms with Gasteiger partial charge in [-0.25, -0.2) is 13.1 Å². The van der Waals surface area contributed by atoms with E-state index in [1.165, 1.54) is 24.3 Å². The van der Waals surface area contributed by atoms with Gasteiger partial charge in [0.15, 0.2) is 0 Å². The molecule has 0 aliphatic heterocycles. The highest BCUT2D eigenvalue weighted by Gasteiger charge is 2.28. The molecule has 25 heavy (non-hydrogen) atoms. The monoisotopic (exact) mass is 381 g/mol. The minimum atomic E-state index is -3.75. The minimum absolute atomic E-state index is 0.117. The van der Waals surface area contributed by atoms with Crippen LogP contribution in [0.4, 0.5) is 0 Å². The lowest BCUT2D eigenvalue weighted by atomic mass is 9.85. The Balaban J connectivity index is 2.30. The van der Waals surface area contributed by atoms with E-state index in [-0.39, 0.29) is 17.4 Å². The molecule has 0 amide bonds. The summed E-state index contributed by atoms with van der Waals surface area (Å²) in [5, 5.41) is 10.3. The summed E-state index contributed by atoms with van der Waals surface area (Å²) in [4.78, 5) is 0.131. The summed E-state index contributed by atoms with van der Waals surface area (Å²) < 4.78 is 28.0. The summed E-state index contributed by atoms with van der Waals surface area (Å²) in [6, 6.07) is 15.1. The van der Waals surface area contributed by atoms with E-state index in [2.05, 4.69) is 18.6 Å². The van der Waals surface area contributed by atoms with Crippen molar-refractivity contribution in [3.63, 3.8) is 0 Å². The second-order valence-corrected chi connectivity index (χ2v) is 8.66. The fourth-order valence-electron chi connectivity index (χ4n) is 2.87. The van der Waals surface area contributed by atoms with Crippen molar-refractivity contribution in [2.24, 2.45) is 5.92 Å². The van der Waals surface area contributed by atoms with Crippen LogP contribution in [0.25, 0.3) is 0 Å². The average molecular weight is 382 g/mol. The molecular weight excluding hydrogens is 358 g/mol. The zero-order chi connectivity index (χ0) is 18.4. The van der Waals surface area contributed by atoms with E-state index < -0.39 is 16.1 Å². The average Bonchev–Trinajstić information content (AvgIpc) is 2.59. The van der Waals surface area contributed by atoms with Crippen LogP contribution < -0.4 is 4.72 Å². The maximum absolute atomic E-state index is 12.7.